The lowest BCUT2D eigenvalue weighted by molar-refractivity contribution is 0.0730. The van der Waals surface area contributed by atoms with Gasteiger partial charge in [0.05, 0.1) is 41.0 Å². The van der Waals surface area contributed by atoms with Gasteiger partial charge in [-0.05, 0) is 55.7 Å². The molecule has 2 saturated heterocycles. The highest BCUT2D eigenvalue weighted by atomic mass is 32.2. The van der Waals surface area contributed by atoms with Crippen molar-refractivity contribution < 1.29 is 22.7 Å². The molecule has 180 valence electrons. The third kappa shape index (κ3) is 4.60. The van der Waals surface area contributed by atoms with E-state index in [1.54, 1.807) is 17.0 Å². The van der Waals surface area contributed by atoms with Crippen LogP contribution in [-0.4, -0.2) is 69.2 Å². The van der Waals surface area contributed by atoms with Gasteiger partial charge < -0.3 is 9.47 Å². The zero-order valence-electron chi connectivity index (χ0n) is 19.0. The smallest absolute Gasteiger partial charge is 0.260 e. The predicted octanol–water partition coefficient (Wildman–Crippen LogP) is 3.45. The normalized spacial score (nSPS) is 19.5. The van der Waals surface area contributed by atoms with Crippen LogP contribution in [-0.2, 0) is 19.5 Å². The average molecular weight is 502 g/mol. The van der Waals surface area contributed by atoms with Crippen LogP contribution in [0.25, 0.3) is 10.2 Å². The Morgan fingerprint density at radius 3 is 2.59 bits per heavy atom. The minimum absolute atomic E-state index is 0.0435. The minimum atomic E-state index is -3.62. The number of benzene rings is 2. The van der Waals surface area contributed by atoms with Crippen LogP contribution >= 0.6 is 11.3 Å². The molecule has 34 heavy (non-hydrogen) atoms. The molecule has 2 aromatic carbocycles. The largest absolute Gasteiger partial charge is 0.379 e. The topological polar surface area (TPSA) is 89.0 Å². The molecule has 0 radical (unpaired) electrons. The van der Waals surface area contributed by atoms with Gasteiger partial charge in [0.2, 0.25) is 10.0 Å². The highest BCUT2D eigenvalue weighted by Crippen LogP contribution is 2.32. The Labute approximate surface area is 203 Å². The molecular weight excluding hydrogens is 474 g/mol. The van der Waals surface area contributed by atoms with E-state index in [0.717, 1.165) is 28.6 Å². The second kappa shape index (κ2) is 9.71. The first-order valence-corrected chi connectivity index (χ1v) is 13.7. The van der Waals surface area contributed by atoms with E-state index < -0.39 is 10.0 Å². The first kappa shape index (κ1) is 23.4. The number of aryl methyl sites for hydroxylation is 1. The van der Waals surface area contributed by atoms with E-state index in [2.05, 4.69) is 0 Å². The van der Waals surface area contributed by atoms with Gasteiger partial charge in [0.15, 0.2) is 5.13 Å². The molecule has 0 N–H and O–H groups in total. The van der Waals surface area contributed by atoms with Gasteiger partial charge in [0.25, 0.3) is 5.91 Å². The van der Waals surface area contributed by atoms with Crippen molar-refractivity contribution in [1.82, 2.24) is 9.29 Å². The number of anilines is 1. The number of nitrogens with zero attached hydrogens (tertiary/aromatic N) is 3. The average Bonchev–Trinajstić information content (AvgIpc) is 3.53. The number of aromatic nitrogens is 1. The van der Waals surface area contributed by atoms with Gasteiger partial charge in [-0.2, -0.15) is 4.31 Å². The summed E-state index contributed by atoms with van der Waals surface area (Å²) in [6.07, 6.45) is 1.82. The molecule has 2 fully saturated rings. The first-order chi connectivity index (χ1) is 16.4. The van der Waals surface area contributed by atoms with Gasteiger partial charge >= 0.3 is 0 Å². The standard InChI is InChI=1S/C24H27N3O5S2/c1-17-4-2-6-21-22(17)25-24(33-21)27(16-19-5-3-13-32-19)23(28)18-7-9-20(10-8-18)34(29,30)26-11-14-31-15-12-26/h2,4,6-10,19H,3,5,11-16H2,1H3. The lowest BCUT2D eigenvalue weighted by Crippen LogP contribution is -2.40. The number of sulfonamides is 1. The summed E-state index contributed by atoms with van der Waals surface area (Å²) in [5, 5.41) is 0.620. The summed E-state index contributed by atoms with van der Waals surface area (Å²) in [5.74, 6) is -0.220. The van der Waals surface area contributed by atoms with E-state index in [1.165, 1.54) is 27.8 Å². The molecule has 1 unspecified atom stereocenters. The van der Waals surface area contributed by atoms with Crippen molar-refractivity contribution in [1.29, 1.82) is 0 Å². The molecule has 0 aliphatic carbocycles. The Bertz CT molecular complexity index is 1280. The van der Waals surface area contributed by atoms with E-state index in [-0.39, 0.29) is 16.9 Å². The zero-order chi connectivity index (χ0) is 23.7. The van der Waals surface area contributed by atoms with Crippen LogP contribution in [0.1, 0.15) is 28.8 Å². The first-order valence-electron chi connectivity index (χ1n) is 11.4. The molecule has 1 atom stereocenters. The monoisotopic (exact) mass is 501 g/mol. The Balaban J connectivity index is 1.44. The van der Waals surface area contributed by atoms with Crippen LogP contribution in [0.15, 0.2) is 47.4 Å². The molecule has 3 aromatic rings. The molecule has 1 amide bonds. The summed E-state index contributed by atoms with van der Waals surface area (Å²) in [4.78, 5) is 20.2. The maximum absolute atomic E-state index is 13.6. The molecule has 0 spiro atoms. The molecule has 10 heteroatoms. The van der Waals surface area contributed by atoms with Gasteiger partial charge in [-0.3, -0.25) is 9.69 Å². The third-order valence-corrected chi connectivity index (χ3v) is 9.16. The van der Waals surface area contributed by atoms with Crippen molar-refractivity contribution in [2.75, 3.05) is 44.4 Å². The van der Waals surface area contributed by atoms with E-state index >= 15 is 0 Å². The third-order valence-electron chi connectivity index (χ3n) is 6.20. The fourth-order valence-electron chi connectivity index (χ4n) is 4.29. The van der Waals surface area contributed by atoms with Crippen LogP contribution in [0, 0.1) is 6.92 Å². The van der Waals surface area contributed by atoms with Gasteiger partial charge in [-0.15, -0.1) is 0 Å². The molecule has 0 bridgehead atoms. The zero-order valence-corrected chi connectivity index (χ0v) is 20.6. The SMILES string of the molecule is Cc1cccc2sc(N(CC3CCCO3)C(=O)c3ccc(S(=O)(=O)N4CCOCC4)cc3)nc12. The number of amides is 1. The van der Waals surface area contributed by atoms with Crippen LogP contribution < -0.4 is 4.90 Å². The summed E-state index contributed by atoms with van der Waals surface area (Å²) in [5.41, 5.74) is 2.36. The van der Waals surface area contributed by atoms with Crippen LogP contribution in [0.2, 0.25) is 0 Å². The number of carbonyl (C=O) groups excluding carboxylic acids is 1. The van der Waals surface area contributed by atoms with Crippen molar-refractivity contribution in [2.24, 2.45) is 0 Å². The summed E-state index contributed by atoms with van der Waals surface area (Å²) in [6.45, 7) is 4.53. The number of carbonyl (C=O) groups is 1. The molecule has 8 nitrogen and oxygen atoms in total. The predicted molar refractivity (Wildman–Crippen MR) is 131 cm³/mol. The minimum Gasteiger partial charge on any atom is -0.379 e. The number of para-hydroxylation sites is 1. The van der Waals surface area contributed by atoms with Gasteiger partial charge in [0.1, 0.15) is 0 Å². The molecule has 2 aliphatic heterocycles. The molecular formula is C24H27N3O5S2. The lowest BCUT2D eigenvalue weighted by atomic mass is 10.2. The number of ether oxygens (including phenoxy) is 2. The van der Waals surface area contributed by atoms with Crippen molar-refractivity contribution in [2.45, 2.75) is 30.8 Å². The van der Waals surface area contributed by atoms with Crippen LogP contribution in [0.5, 0.6) is 0 Å². The van der Waals surface area contributed by atoms with Gasteiger partial charge in [-0.25, -0.2) is 13.4 Å². The van der Waals surface area contributed by atoms with Crippen molar-refractivity contribution in [3.8, 4) is 0 Å². The molecule has 0 saturated carbocycles. The van der Waals surface area contributed by atoms with Crippen LogP contribution in [0.4, 0.5) is 5.13 Å². The second-order valence-corrected chi connectivity index (χ2v) is 11.5. The Hall–Kier alpha value is -2.37. The highest BCUT2D eigenvalue weighted by Gasteiger charge is 2.29. The quantitative estimate of drug-likeness (QED) is 0.514. The number of fused-ring (bicyclic) bond motifs is 1. The molecule has 1 aromatic heterocycles. The summed E-state index contributed by atoms with van der Waals surface area (Å²) in [6, 6.07) is 12.2. The molecule has 3 heterocycles. The fourth-order valence-corrected chi connectivity index (χ4v) is 6.75. The van der Waals surface area contributed by atoms with E-state index in [0.29, 0.717) is 50.1 Å². The Kier molecular flexibility index (Phi) is 6.67. The number of rotatable bonds is 6. The second-order valence-electron chi connectivity index (χ2n) is 8.51. The lowest BCUT2D eigenvalue weighted by Gasteiger charge is -2.26. The summed E-state index contributed by atoms with van der Waals surface area (Å²) < 4.78 is 39.4. The van der Waals surface area contributed by atoms with Crippen molar-refractivity contribution >= 4 is 42.6 Å². The van der Waals surface area contributed by atoms with Gasteiger partial charge in [-0.1, -0.05) is 23.5 Å². The van der Waals surface area contributed by atoms with Crippen molar-refractivity contribution in [3.63, 3.8) is 0 Å². The molecule has 2 aliphatic rings. The maximum atomic E-state index is 13.6. The Morgan fingerprint density at radius 1 is 1.15 bits per heavy atom. The fraction of sp³-hybridized carbons (Fsp3) is 0.417. The van der Waals surface area contributed by atoms with Crippen molar-refractivity contribution in [3.05, 3.63) is 53.6 Å². The van der Waals surface area contributed by atoms with E-state index in [1.807, 2.05) is 25.1 Å². The number of thiazole rings is 1. The van der Waals surface area contributed by atoms with E-state index in [4.69, 9.17) is 14.5 Å². The number of hydrogen-bond donors (Lipinski definition) is 0. The number of morpholine rings is 1. The van der Waals surface area contributed by atoms with Crippen LogP contribution in [0.3, 0.4) is 0 Å². The Morgan fingerprint density at radius 2 is 1.91 bits per heavy atom. The maximum Gasteiger partial charge on any atom is 0.260 e. The highest BCUT2D eigenvalue weighted by molar-refractivity contribution is 7.89. The van der Waals surface area contributed by atoms with Gasteiger partial charge in [0, 0.05) is 25.3 Å². The summed E-state index contributed by atoms with van der Waals surface area (Å²) >= 11 is 1.48. The van der Waals surface area contributed by atoms with E-state index in [9.17, 15) is 13.2 Å². The summed E-state index contributed by atoms with van der Waals surface area (Å²) in [7, 11) is -3.62. The molecule has 5 rings (SSSR count). The number of hydrogen-bond acceptors (Lipinski definition) is 7.